The van der Waals surface area contributed by atoms with Crippen LogP contribution in [0, 0.1) is 5.92 Å². The van der Waals surface area contributed by atoms with E-state index in [1.807, 2.05) is 12.1 Å². The highest BCUT2D eigenvalue weighted by Crippen LogP contribution is 2.34. The maximum absolute atomic E-state index is 5.89. The lowest BCUT2D eigenvalue weighted by Gasteiger charge is -2.09. The highest BCUT2D eigenvalue weighted by atomic mass is 16.3. The highest BCUT2D eigenvalue weighted by molar-refractivity contribution is 5.95. The first-order valence-corrected chi connectivity index (χ1v) is 5.24. The fourth-order valence-corrected chi connectivity index (χ4v) is 2.16. The summed E-state index contributed by atoms with van der Waals surface area (Å²) in [6, 6.07) is 5.91. The molecule has 15 heavy (non-hydrogen) atoms. The van der Waals surface area contributed by atoms with E-state index in [1.54, 1.807) is 0 Å². The summed E-state index contributed by atoms with van der Waals surface area (Å²) in [4.78, 5) is 0. The van der Waals surface area contributed by atoms with Gasteiger partial charge in [-0.2, -0.15) is 0 Å². The van der Waals surface area contributed by atoms with E-state index in [9.17, 15) is 0 Å². The van der Waals surface area contributed by atoms with Gasteiger partial charge in [-0.1, -0.05) is 31.2 Å². The predicted molar refractivity (Wildman–Crippen MR) is 62.5 cm³/mol. The van der Waals surface area contributed by atoms with Gasteiger partial charge in [0.05, 0.1) is 5.69 Å². The summed E-state index contributed by atoms with van der Waals surface area (Å²) in [5.74, 6) is 1.62. The molecular weight excluding hydrogens is 186 g/mol. The van der Waals surface area contributed by atoms with Gasteiger partial charge in [0.15, 0.2) is 5.58 Å². The van der Waals surface area contributed by atoms with Crippen LogP contribution in [-0.2, 0) is 6.42 Å². The minimum Gasteiger partial charge on any atom is -0.458 e. The second-order valence-electron chi connectivity index (χ2n) is 4.20. The van der Waals surface area contributed by atoms with Crippen molar-refractivity contribution in [3.8, 4) is 0 Å². The van der Waals surface area contributed by atoms with Gasteiger partial charge in [-0.25, -0.2) is 0 Å². The van der Waals surface area contributed by atoms with E-state index in [0.717, 1.165) is 28.8 Å². The van der Waals surface area contributed by atoms with Gasteiger partial charge >= 0.3 is 0 Å². The van der Waals surface area contributed by atoms with Crippen LogP contribution >= 0.6 is 0 Å². The number of allylic oxidation sites excluding steroid dienone is 1. The molecule has 1 unspecified atom stereocenters. The minimum absolute atomic E-state index is 0.555. The summed E-state index contributed by atoms with van der Waals surface area (Å²) in [6.45, 7) is 2.19. The van der Waals surface area contributed by atoms with Crippen molar-refractivity contribution in [2.24, 2.45) is 5.92 Å². The summed E-state index contributed by atoms with van der Waals surface area (Å²) >= 11 is 0. The normalized spacial score (nSPS) is 19.4. The van der Waals surface area contributed by atoms with Crippen molar-refractivity contribution in [3.63, 3.8) is 0 Å². The lowest BCUT2D eigenvalue weighted by atomic mass is 9.95. The average molecular weight is 199 g/mol. The third-order valence-corrected chi connectivity index (χ3v) is 2.96. The topological polar surface area (TPSA) is 39.2 Å². The van der Waals surface area contributed by atoms with Crippen molar-refractivity contribution < 1.29 is 4.42 Å². The number of anilines is 1. The summed E-state index contributed by atoms with van der Waals surface area (Å²) in [6.07, 6.45) is 5.34. The number of hydrogen-bond acceptors (Lipinski definition) is 2. The van der Waals surface area contributed by atoms with Gasteiger partial charge in [0.25, 0.3) is 0 Å². The van der Waals surface area contributed by atoms with Gasteiger partial charge in [-0.05, 0) is 12.0 Å². The Hall–Kier alpha value is -1.70. The summed E-state index contributed by atoms with van der Waals surface area (Å²) in [7, 11) is 0. The Morgan fingerprint density at radius 1 is 1.40 bits per heavy atom. The molecule has 0 aliphatic heterocycles. The lowest BCUT2D eigenvalue weighted by molar-refractivity contribution is 0.514. The zero-order valence-electron chi connectivity index (χ0n) is 8.66. The number of para-hydroxylation sites is 1. The molecule has 1 aliphatic rings. The van der Waals surface area contributed by atoms with Crippen LogP contribution in [-0.4, -0.2) is 0 Å². The van der Waals surface area contributed by atoms with Crippen LogP contribution in [0.25, 0.3) is 17.0 Å². The number of furan rings is 1. The first-order valence-electron chi connectivity index (χ1n) is 5.24. The fraction of sp³-hybridized carbons (Fsp3) is 0.231. The minimum atomic E-state index is 0.555. The van der Waals surface area contributed by atoms with Crippen LogP contribution < -0.4 is 5.73 Å². The second kappa shape index (κ2) is 2.89. The molecule has 2 heteroatoms. The van der Waals surface area contributed by atoms with Crippen molar-refractivity contribution in [2.75, 3.05) is 5.73 Å². The van der Waals surface area contributed by atoms with Crippen LogP contribution in [0.3, 0.4) is 0 Å². The number of nitrogens with two attached hydrogens (primary N) is 1. The van der Waals surface area contributed by atoms with Crippen LogP contribution in [0.1, 0.15) is 18.2 Å². The first kappa shape index (κ1) is 8.60. The van der Waals surface area contributed by atoms with Gasteiger partial charge < -0.3 is 10.2 Å². The van der Waals surface area contributed by atoms with E-state index in [-0.39, 0.29) is 0 Å². The van der Waals surface area contributed by atoms with Crippen molar-refractivity contribution in [2.45, 2.75) is 13.3 Å². The zero-order valence-corrected chi connectivity index (χ0v) is 8.66. The Balaban J connectivity index is 2.34. The van der Waals surface area contributed by atoms with E-state index in [2.05, 4.69) is 25.1 Å². The quantitative estimate of drug-likeness (QED) is 0.661. The molecule has 1 aromatic heterocycles. The molecule has 0 saturated heterocycles. The van der Waals surface area contributed by atoms with Crippen molar-refractivity contribution >= 4 is 22.7 Å². The van der Waals surface area contributed by atoms with Gasteiger partial charge in [-0.15, -0.1) is 0 Å². The number of fused-ring (bicyclic) bond motifs is 3. The molecule has 0 amide bonds. The smallest absolute Gasteiger partial charge is 0.157 e. The largest absolute Gasteiger partial charge is 0.458 e. The van der Waals surface area contributed by atoms with E-state index in [0.29, 0.717) is 5.92 Å². The molecule has 3 rings (SSSR count). The van der Waals surface area contributed by atoms with E-state index < -0.39 is 0 Å². The molecule has 1 aliphatic carbocycles. The molecule has 2 N–H and O–H groups in total. The molecule has 0 spiro atoms. The van der Waals surface area contributed by atoms with Crippen molar-refractivity contribution in [3.05, 3.63) is 35.6 Å². The second-order valence-corrected chi connectivity index (χ2v) is 4.20. The summed E-state index contributed by atoms with van der Waals surface area (Å²) in [5, 5.41) is 1.13. The van der Waals surface area contributed by atoms with Crippen LogP contribution in [0.2, 0.25) is 0 Å². The molecule has 2 nitrogen and oxygen atoms in total. The molecule has 1 atom stereocenters. The molecule has 76 valence electrons. The van der Waals surface area contributed by atoms with Crippen LogP contribution in [0.15, 0.2) is 28.7 Å². The first-order chi connectivity index (χ1) is 7.25. The van der Waals surface area contributed by atoms with Crippen LogP contribution in [0.5, 0.6) is 0 Å². The molecule has 0 fully saturated rings. The number of nitrogen functional groups attached to an aromatic ring is 1. The Morgan fingerprint density at radius 3 is 3.13 bits per heavy atom. The number of rotatable bonds is 0. The maximum atomic E-state index is 5.89. The molecule has 1 heterocycles. The monoisotopic (exact) mass is 199 g/mol. The Morgan fingerprint density at radius 2 is 2.27 bits per heavy atom. The third-order valence-electron chi connectivity index (χ3n) is 2.96. The average Bonchev–Trinajstić information content (AvgIpc) is 2.57. The van der Waals surface area contributed by atoms with E-state index >= 15 is 0 Å². The van der Waals surface area contributed by atoms with E-state index in [4.69, 9.17) is 10.2 Å². The molecule has 0 saturated carbocycles. The third kappa shape index (κ3) is 1.18. The van der Waals surface area contributed by atoms with Gasteiger partial charge in [0, 0.05) is 17.4 Å². The summed E-state index contributed by atoms with van der Waals surface area (Å²) in [5.41, 5.74) is 8.65. The van der Waals surface area contributed by atoms with E-state index in [1.165, 1.54) is 5.56 Å². The highest BCUT2D eigenvalue weighted by Gasteiger charge is 2.18. The summed E-state index contributed by atoms with van der Waals surface area (Å²) < 4.78 is 5.82. The predicted octanol–water partition coefficient (Wildman–Crippen LogP) is 3.22. The molecule has 2 aromatic rings. The van der Waals surface area contributed by atoms with Crippen LogP contribution in [0.4, 0.5) is 5.69 Å². The van der Waals surface area contributed by atoms with Gasteiger partial charge in [0.1, 0.15) is 5.76 Å². The number of hydrogen-bond donors (Lipinski definition) is 1. The SMILES string of the molecule is CC1C=Cc2c(oc3c(N)cccc23)C1. The Kier molecular flexibility index (Phi) is 1.66. The molecule has 0 bridgehead atoms. The molecular formula is C13H13NO. The molecule has 0 radical (unpaired) electrons. The number of benzene rings is 1. The Bertz CT molecular complexity index is 551. The van der Waals surface area contributed by atoms with Crippen molar-refractivity contribution in [1.82, 2.24) is 0 Å². The fourth-order valence-electron chi connectivity index (χ4n) is 2.16. The lowest BCUT2D eigenvalue weighted by Crippen LogP contribution is -2.00. The maximum Gasteiger partial charge on any atom is 0.157 e. The van der Waals surface area contributed by atoms with Gasteiger partial charge in [-0.3, -0.25) is 0 Å². The van der Waals surface area contributed by atoms with Gasteiger partial charge in [0.2, 0.25) is 0 Å². The zero-order chi connectivity index (χ0) is 10.4. The Labute approximate surface area is 88.4 Å². The van der Waals surface area contributed by atoms with Crippen molar-refractivity contribution in [1.29, 1.82) is 0 Å². The standard InChI is InChI=1S/C13H13NO/c1-8-5-6-9-10-3-2-4-11(14)13(10)15-12(9)7-8/h2-6,8H,7,14H2,1H3. The molecule has 1 aromatic carbocycles.